The Balaban J connectivity index is 1.63. The van der Waals surface area contributed by atoms with Crippen LogP contribution in [0.4, 0.5) is 0 Å². The summed E-state index contributed by atoms with van der Waals surface area (Å²) in [5.74, 6) is 1.86. The van der Waals surface area contributed by atoms with E-state index in [4.69, 9.17) is 0 Å². The highest BCUT2D eigenvalue weighted by molar-refractivity contribution is 7.10. The Morgan fingerprint density at radius 3 is 3.00 bits per heavy atom. The standard InChI is InChI=1S/C16H26N4S/c1-13-5-9-20(10-6-13)14(15-4-2-11-21-15)12-19-16-17-7-3-8-18-16/h2,4,11,13-14H,3,5-10,12H2,1H3,(H2,17,18,19). The molecule has 1 atom stereocenters. The fourth-order valence-electron chi connectivity index (χ4n) is 3.08. The Bertz CT molecular complexity index is 449. The van der Waals surface area contributed by atoms with Crippen molar-refractivity contribution in [2.24, 2.45) is 10.9 Å². The van der Waals surface area contributed by atoms with Crippen LogP contribution in [0.5, 0.6) is 0 Å². The molecule has 0 bridgehead atoms. The molecule has 1 saturated heterocycles. The van der Waals surface area contributed by atoms with Crippen LogP contribution in [0.1, 0.15) is 37.1 Å². The van der Waals surface area contributed by atoms with Gasteiger partial charge in [-0.2, -0.15) is 0 Å². The maximum Gasteiger partial charge on any atom is 0.191 e. The molecule has 4 nitrogen and oxygen atoms in total. The van der Waals surface area contributed by atoms with Crippen LogP contribution in [0, 0.1) is 5.92 Å². The topological polar surface area (TPSA) is 39.7 Å². The van der Waals surface area contributed by atoms with Crippen LogP contribution >= 0.6 is 11.3 Å². The number of hydrogen-bond donors (Lipinski definition) is 2. The first-order valence-electron chi connectivity index (χ1n) is 8.12. The molecule has 2 aliphatic heterocycles. The fourth-order valence-corrected chi connectivity index (χ4v) is 3.94. The van der Waals surface area contributed by atoms with Crippen LogP contribution < -0.4 is 10.6 Å². The lowest BCUT2D eigenvalue weighted by Crippen LogP contribution is -2.46. The van der Waals surface area contributed by atoms with Gasteiger partial charge >= 0.3 is 0 Å². The molecule has 0 radical (unpaired) electrons. The normalized spacial score (nSPS) is 22.4. The Morgan fingerprint density at radius 2 is 2.33 bits per heavy atom. The quantitative estimate of drug-likeness (QED) is 0.897. The Labute approximate surface area is 131 Å². The first-order chi connectivity index (χ1) is 10.3. The second-order valence-corrected chi connectivity index (χ2v) is 7.12. The van der Waals surface area contributed by atoms with Crippen LogP contribution in [0.15, 0.2) is 22.5 Å². The van der Waals surface area contributed by atoms with Crippen LogP contribution in [0.3, 0.4) is 0 Å². The molecular weight excluding hydrogens is 280 g/mol. The van der Waals surface area contributed by atoms with Crippen molar-refractivity contribution in [1.82, 2.24) is 15.5 Å². The summed E-state index contributed by atoms with van der Waals surface area (Å²) in [7, 11) is 0. The molecule has 116 valence electrons. The molecular formula is C16H26N4S. The first kappa shape index (κ1) is 14.9. The molecule has 21 heavy (non-hydrogen) atoms. The molecule has 0 amide bonds. The third-order valence-corrected chi connectivity index (χ3v) is 5.46. The predicted octanol–water partition coefficient (Wildman–Crippen LogP) is 2.46. The average Bonchev–Trinajstić information content (AvgIpc) is 3.04. The predicted molar refractivity (Wildman–Crippen MR) is 90.0 cm³/mol. The molecule has 0 aliphatic carbocycles. The van der Waals surface area contributed by atoms with Gasteiger partial charge in [-0.1, -0.05) is 13.0 Å². The number of thiophene rings is 1. The minimum absolute atomic E-state index is 0.476. The minimum atomic E-state index is 0.476. The van der Waals surface area contributed by atoms with Gasteiger partial charge in [-0.15, -0.1) is 11.3 Å². The van der Waals surface area contributed by atoms with Crippen molar-refractivity contribution in [3.05, 3.63) is 22.4 Å². The number of hydrogen-bond acceptors (Lipinski definition) is 5. The highest BCUT2D eigenvalue weighted by Crippen LogP contribution is 2.28. The number of likely N-dealkylation sites (tertiary alicyclic amines) is 1. The monoisotopic (exact) mass is 306 g/mol. The van der Waals surface area contributed by atoms with Gasteiger partial charge in [0.25, 0.3) is 0 Å². The average molecular weight is 306 g/mol. The largest absolute Gasteiger partial charge is 0.356 e. The molecule has 2 aliphatic rings. The maximum absolute atomic E-state index is 4.52. The lowest BCUT2D eigenvalue weighted by Gasteiger charge is -2.36. The number of aliphatic imine (C=N–C) groups is 1. The fraction of sp³-hybridized carbons (Fsp3) is 0.688. The summed E-state index contributed by atoms with van der Waals surface area (Å²) >= 11 is 1.87. The van der Waals surface area contributed by atoms with E-state index in [1.165, 1.54) is 30.8 Å². The molecule has 3 heterocycles. The SMILES string of the molecule is CC1CCN(C(CNC2=NCCCN2)c2cccs2)CC1. The lowest BCUT2D eigenvalue weighted by molar-refractivity contribution is 0.140. The molecule has 1 unspecified atom stereocenters. The number of rotatable bonds is 4. The van der Waals surface area contributed by atoms with Gasteiger partial charge in [0.1, 0.15) is 0 Å². The van der Waals surface area contributed by atoms with Gasteiger partial charge in [0.05, 0.1) is 6.04 Å². The zero-order chi connectivity index (χ0) is 14.5. The second kappa shape index (κ2) is 7.27. The minimum Gasteiger partial charge on any atom is -0.356 e. The summed E-state index contributed by atoms with van der Waals surface area (Å²) in [5.41, 5.74) is 0. The van der Waals surface area contributed by atoms with Crippen LogP contribution in [0.2, 0.25) is 0 Å². The molecule has 1 aromatic heterocycles. The van der Waals surface area contributed by atoms with Gasteiger partial charge in [-0.25, -0.2) is 0 Å². The van der Waals surface area contributed by atoms with Crippen LogP contribution in [0.25, 0.3) is 0 Å². The van der Waals surface area contributed by atoms with Crippen molar-refractivity contribution in [2.75, 3.05) is 32.7 Å². The van der Waals surface area contributed by atoms with Gasteiger partial charge in [0.2, 0.25) is 0 Å². The van der Waals surface area contributed by atoms with Gasteiger partial charge in [-0.05, 0) is 49.7 Å². The Hall–Kier alpha value is -1.07. The highest BCUT2D eigenvalue weighted by atomic mass is 32.1. The summed E-state index contributed by atoms with van der Waals surface area (Å²) < 4.78 is 0. The first-order valence-corrected chi connectivity index (χ1v) is 9.00. The number of nitrogens with zero attached hydrogens (tertiary/aromatic N) is 2. The van der Waals surface area contributed by atoms with E-state index in [9.17, 15) is 0 Å². The number of guanidine groups is 1. The van der Waals surface area contributed by atoms with Crippen molar-refractivity contribution in [2.45, 2.75) is 32.2 Å². The van der Waals surface area contributed by atoms with E-state index in [-0.39, 0.29) is 0 Å². The molecule has 0 saturated carbocycles. The molecule has 2 N–H and O–H groups in total. The van der Waals surface area contributed by atoms with Crippen molar-refractivity contribution >= 4 is 17.3 Å². The van der Waals surface area contributed by atoms with Crippen molar-refractivity contribution in [3.8, 4) is 0 Å². The smallest absolute Gasteiger partial charge is 0.191 e. The van der Waals surface area contributed by atoms with Gasteiger partial charge in [0.15, 0.2) is 5.96 Å². The molecule has 0 spiro atoms. The second-order valence-electron chi connectivity index (χ2n) is 6.14. The molecule has 3 rings (SSSR count). The van der Waals surface area contributed by atoms with E-state index in [1.807, 2.05) is 11.3 Å². The molecule has 5 heteroatoms. The summed E-state index contributed by atoms with van der Waals surface area (Å²) in [6.45, 7) is 7.73. The lowest BCUT2D eigenvalue weighted by atomic mass is 9.97. The summed E-state index contributed by atoms with van der Waals surface area (Å²) in [6.07, 6.45) is 3.78. The van der Waals surface area contributed by atoms with Crippen molar-refractivity contribution in [3.63, 3.8) is 0 Å². The van der Waals surface area contributed by atoms with E-state index < -0.39 is 0 Å². The summed E-state index contributed by atoms with van der Waals surface area (Å²) in [6, 6.07) is 4.91. The van der Waals surface area contributed by atoms with Crippen LogP contribution in [-0.2, 0) is 0 Å². The highest BCUT2D eigenvalue weighted by Gasteiger charge is 2.25. The zero-order valence-electron chi connectivity index (χ0n) is 12.8. The van der Waals surface area contributed by atoms with E-state index in [1.54, 1.807) is 0 Å². The zero-order valence-corrected chi connectivity index (χ0v) is 13.7. The molecule has 1 aromatic rings. The third-order valence-electron chi connectivity index (χ3n) is 4.49. The van der Waals surface area contributed by atoms with Gasteiger partial charge < -0.3 is 10.6 Å². The maximum atomic E-state index is 4.52. The number of nitrogens with one attached hydrogen (secondary N) is 2. The van der Waals surface area contributed by atoms with Crippen molar-refractivity contribution in [1.29, 1.82) is 0 Å². The Morgan fingerprint density at radius 1 is 1.48 bits per heavy atom. The Kier molecular flexibility index (Phi) is 5.14. The van der Waals surface area contributed by atoms with Gasteiger partial charge in [-0.3, -0.25) is 9.89 Å². The summed E-state index contributed by atoms with van der Waals surface area (Å²) in [4.78, 5) is 8.63. The van der Waals surface area contributed by atoms with E-state index in [0.29, 0.717) is 6.04 Å². The third kappa shape index (κ3) is 3.98. The summed E-state index contributed by atoms with van der Waals surface area (Å²) in [5, 5.41) is 9.06. The van der Waals surface area contributed by atoms with Gasteiger partial charge in [0, 0.05) is 24.5 Å². The van der Waals surface area contributed by atoms with Crippen molar-refractivity contribution < 1.29 is 0 Å². The van der Waals surface area contributed by atoms with E-state index >= 15 is 0 Å². The van der Waals surface area contributed by atoms with E-state index in [0.717, 1.165) is 37.9 Å². The van der Waals surface area contributed by atoms with E-state index in [2.05, 4.69) is 45.0 Å². The molecule has 0 aromatic carbocycles. The number of piperidine rings is 1. The van der Waals surface area contributed by atoms with Crippen LogP contribution in [-0.4, -0.2) is 43.6 Å². The molecule has 1 fully saturated rings.